The third kappa shape index (κ3) is 4.84. The molecule has 0 bridgehead atoms. The van der Waals surface area contributed by atoms with Gasteiger partial charge in [-0.3, -0.25) is 4.90 Å². The molecule has 0 saturated heterocycles. The Morgan fingerprint density at radius 1 is 1.24 bits per heavy atom. The highest BCUT2D eigenvalue weighted by Crippen LogP contribution is 2.26. The Kier molecular flexibility index (Phi) is 5.26. The Balaban J connectivity index is 2.81. The molecule has 1 aromatic rings. The van der Waals surface area contributed by atoms with Gasteiger partial charge in [0.15, 0.2) is 0 Å². The van der Waals surface area contributed by atoms with Gasteiger partial charge in [-0.2, -0.15) is 0 Å². The van der Waals surface area contributed by atoms with E-state index in [1.165, 1.54) is 0 Å². The minimum atomic E-state index is -0.719. The van der Waals surface area contributed by atoms with Gasteiger partial charge in [0.2, 0.25) is 0 Å². The summed E-state index contributed by atoms with van der Waals surface area (Å²) in [7, 11) is 0. The Labute approximate surface area is 113 Å². The van der Waals surface area contributed by atoms with E-state index >= 15 is 0 Å². The molecule has 0 unspecified atom stereocenters. The Morgan fingerprint density at radius 3 is 2.18 bits per heavy atom. The van der Waals surface area contributed by atoms with Crippen LogP contribution in [0, 0.1) is 0 Å². The maximum atomic E-state index is 9.83. The standard InChI is InChI=1S/C13H19Cl2NO/c1-4-16(9-13(2,3)17)8-10-11(14)6-5-7-12(10)15/h5-7,17H,4,8-9H2,1-3H3. The first-order valence-electron chi connectivity index (χ1n) is 5.71. The summed E-state index contributed by atoms with van der Waals surface area (Å²) >= 11 is 12.3. The fourth-order valence-electron chi connectivity index (χ4n) is 1.73. The third-order valence-electron chi connectivity index (χ3n) is 2.50. The molecule has 0 aromatic heterocycles. The summed E-state index contributed by atoms with van der Waals surface area (Å²) in [6.45, 7) is 7.72. The van der Waals surface area contributed by atoms with E-state index in [9.17, 15) is 5.11 Å². The van der Waals surface area contributed by atoms with Gasteiger partial charge in [-0.1, -0.05) is 36.2 Å². The van der Waals surface area contributed by atoms with Gasteiger partial charge in [-0.05, 0) is 32.5 Å². The minimum absolute atomic E-state index is 0.588. The molecule has 2 nitrogen and oxygen atoms in total. The monoisotopic (exact) mass is 275 g/mol. The highest BCUT2D eigenvalue weighted by Gasteiger charge is 2.18. The van der Waals surface area contributed by atoms with Crippen molar-refractivity contribution in [2.24, 2.45) is 0 Å². The predicted octanol–water partition coefficient (Wildman–Crippen LogP) is 3.59. The number of hydrogen-bond donors (Lipinski definition) is 1. The smallest absolute Gasteiger partial charge is 0.0718 e. The molecular weight excluding hydrogens is 257 g/mol. The number of aliphatic hydroxyl groups is 1. The lowest BCUT2D eigenvalue weighted by atomic mass is 10.1. The summed E-state index contributed by atoms with van der Waals surface area (Å²) in [5, 5.41) is 11.2. The predicted molar refractivity (Wildman–Crippen MR) is 73.7 cm³/mol. The summed E-state index contributed by atoms with van der Waals surface area (Å²) in [4.78, 5) is 2.12. The summed E-state index contributed by atoms with van der Waals surface area (Å²) in [6.07, 6.45) is 0. The van der Waals surface area contributed by atoms with Gasteiger partial charge in [0.25, 0.3) is 0 Å². The molecule has 96 valence electrons. The van der Waals surface area contributed by atoms with Crippen molar-refractivity contribution in [2.75, 3.05) is 13.1 Å². The van der Waals surface area contributed by atoms with Crippen LogP contribution in [0.2, 0.25) is 10.0 Å². The van der Waals surface area contributed by atoms with Crippen molar-refractivity contribution in [3.05, 3.63) is 33.8 Å². The zero-order valence-corrected chi connectivity index (χ0v) is 12.0. The second kappa shape index (κ2) is 6.05. The van der Waals surface area contributed by atoms with E-state index in [0.717, 1.165) is 12.1 Å². The first kappa shape index (κ1) is 14.8. The van der Waals surface area contributed by atoms with Gasteiger partial charge < -0.3 is 5.11 Å². The average Bonchev–Trinajstić information content (AvgIpc) is 2.20. The molecule has 0 radical (unpaired) electrons. The van der Waals surface area contributed by atoms with E-state index in [4.69, 9.17) is 23.2 Å². The van der Waals surface area contributed by atoms with Crippen molar-refractivity contribution < 1.29 is 5.11 Å². The lowest BCUT2D eigenvalue weighted by molar-refractivity contribution is 0.0353. The zero-order valence-electron chi connectivity index (χ0n) is 10.5. The quantitative estimate of drug-likeness (QED) is 0.888. The van der Waals surface area contributed by atoms with Crippen LogP contribution >= 0.6 is 23.2 Å². The van der Waals surface area contributed by atoms with E-state index in [-0.39, 0.29) is 0 Å². The number of halogens is 2. The van der Waals surface area contributed by atoms with E-state index in [1.807, 2.05) is 18.2 Å². The highest BCUT2D eigenvalue weighted by atomic mass is 35.5. The van der Waals surface area contributed by atoms with Crippen LogP contribution in [0.25, 0.3) is 0 Å². The zero-order chi connectivity index (χ0) is 13.1. The van der Waals surface area contributed by atoms with Crippen LogP contribution in [0.1, 0.15) is 26.3 Å². The largest absolute Gasteiger partial charge is 0.389 e. The Morgan fingerprint density at radius 2 is 1.76 bits per heavy atom. The van der Waals surface area contributed by atoms with Crippen molar-refractivity contribution in [2.45, 2.75) is 32.9 Å². The molecule has 0 heterocycles. The van der Waals surface area contributed by atoms with Gasteiger partial charge in [-0.25, -0.2) is 0 Å². The molecule has 17 heavy (non-hydrogen) atoms. The van der Waals surface area contributed by atoms with E-state index in [0.29, 0.717) is 23.1 Å². The van der Waals surface area contributed by atoms with Crippen LogP contribution in [0.4, 0.5) is 0 Å². The van der Waals surface area contributed by atoms with Crippen molar-refractivity contribution in [1.82, 2.24) is 4.90 Å². The maximum absolute atomic E-state index is 9.83. The summed E-state index contributed by atoms with van der Waals surface area (Å²) in [6, 6.07) is 5.50. The number of likely N-dealkylation sites (N-methyl/N-ethyl adjacent to an activating group) is 1. The van der Waals surface area contributed by atoms with Crippen LogP contribution in [0.5, 0.6) is 0 Å². The van der Waals surface area contributed by atoms with Crippen LogP contribution in [-0.4, -0.2) is 28.7 Å². The molecule has 0 aliphatic heterocycles. The van der Waals surface area contributed by atoms with Gasteiger partial charge in [0.1, 0.15) is 0 Å². The molecular formula is C13H19Cl2NO. The SMILES string of the molecule is CCN(Cc1c(Cl)cccc1Cl)CC(C)(C)O. The second-order valence-electron chi connectivity index (χ2n) is 4.82. The third-order valence-corrected chi connectivity index (χ3v) is 3.21. The van der Waals surface area contributed by atoms with E-state index in [2.05, 4.69) is 11.8 Å². The topological polar surface area (TPSA) is 23.5 Å². The van der Waals surface area contributed by atoms with Crippen LogP contribution < -0.4 is 0 Å². The molecule has 1 aromatic carbocycles. The van der Waals surface area contributed by atoms with Gasteiger partial charge >= 0.3 is 0 Å². The lowest BCUT2D eigenvalue weighted by Crippen LogP contribution is -2.38. The maximum Gasteiger partial charge on any atom is 0.0718 e. The van der Waals surface area contributed by atoms with Crippen molar-refractivity contribution in [1.29, 1.82) is 0 Å². The summed E-state index contributed by atoms with van der Waals surface area (Å²) in [5.74, 6) is 0. The van der Waals surface area contributed by atoms with Gasteiger partial charge in [0.05, 0.1) is 5.60 Å². The lowest BCUT2D eigenvalue weighted by Gasteiger charge is -2.28. The van der Waals surface area contributed by atoms with Crippen molar-refractivity contribution in [3.8, 4) is 0 Å². The highest BCUT2D eigenvalue weighted by molar-refractivity contribution is 6.35. The van der Waals surface area contributed by atoms with Crippen LogP contribution in [0.15, 0.2) is 18.2 Å². The summed E-state index contributed by atoms with van der Waals surface area (Å²) < 4.78 is 0. The molecule has 0 atom stereocenters. The molecule has 0 spiro atoms. The molecule has 4 heteroatoms. The first-order chi connectivity index (χ1) is 7.83. The molecule has 1 rings (SSSR count). The van der Waals surface area contributed by atoms with Gasteiger partial charge in [0, 0.05) is 28.7 Å². The number of nitrogens with zero attached hydrogens (tertiary/aromatic N) is 1. The van der Waals surface area contributed by atoms with Crippen molar-refractivity contribution in [3.63, 3.8) is 0 Å². The fourth-order valence-corrected chi connectivity index (χ4v) is 2.25. The summed E-state index contributed by atoms with van der Waals surface area (Å²) in [5.41, 5.74) is 0.200. The molecule has 0 aliphatic rings. The van der Waals surface area contributed by atoms with Crippen molar-refractivity contribution >= 4 is 23.2 Å². The molecule has 0 aliphatic carbocycles. The normalized spacial score (nSPS) is 12.2. The van der Waals surface area contributed by atoms with E-state index < -0.39 is 5.60 Å². The van der Waals surface area contributed by atoms with E-state index in [1.54, 1.807) is 13.8 Å². The van der Waals surface area contributed by atoms with Crippen LogP contribution in [0.3, 0.4) is 0 Å². The Bertz CT molecular complexity index is 354. The number of benzene rings is 1. The molecule has 0 saturated carbocycles. The van der Waals surface area contributed by atoms with Gasteiger partial charge in [-0.15, -0.1) is 0 Å². The number of hydrogen-bond acceptors (Lipinski definition) is 2. The minimum Gasteiger partial charge on any atom is -0.389 e. The number of rotatable bonds is 5. The van der Waals surface area contributed by atoms with Crippen LogP contribution in [-0.2, 0) is 6.54 Å². The molecule has 0 fully saturated rings. The first-order valence-corrected chi connectivity index (χ1v) is 6.46. The molecule has 1 N–H and O–H groups in total. The molecule has 0 amide bonds. The average molecular weight is 276 g/mol. The Hall–Kier alpha value is -0.280. The second-order valence-corrected chi connectivity index (χ2v) is 5.63. The fraction of sp³-hybridized carbons (Fsp3) is 0.538.